The van der Waals surface area contributed by atoms with Crippen LogP contribution in [0, 0.1) is 9.49 Å². The van der Waals surface area contributed by atoms with Crippen LogP contribution in [0.25, 0.3) is 0 Å². The highest BCUT2D eigenvalue weighted by atomic mass is 127. The quantitative estimate of drug-likeness (QED) is 0.290. The van der Waals surface area contributed by atoms with Crippen molar-refractivity contribution >= 4 is 63.5 Å². The summed E-state index contributed by atoms with van der Waals surface area (Å²) in [7, 11) is 1.83. The zero-order valence-electron chi connectivity index (χ0n) is 17.8. The molecule has 3 rings (SSSR count). The van der Waals surface area contributed by atoms with Crippen molar-refractivity contribution < 1.29 is 9.59 Å². The Labute approximate surface area is 209 Å². The average molecular weight is 584 g/mol. The molecule has 10 heteroatoms. The maximum Gasteiger partial charge on any atom is 0.253 e. The second-order valence-corrected chi connectivity index (χ2v) is 10.0. The van der Waals surface area contributed by atoms with Crippen molar-refractivity contribution in [3.63, 3.8) is 0 Å². The second-order valence-electron chi connectivity index (χ2n) is 7.42. The fraction of sp³-hybridized carbons (Fsp3) is 0.273. The molecule has 1 aromatic heterocycles. The number of aromatic nitrogens is 3. The van der Waals surface area contributed by atoms with E-state index in [2.05, 4.69) is 43.4 Å². The number of nitrogens with zero attached hydrogens (tertiary/aromatic N) is 3. The number of anilines is 1. The summed E-state index contributed by atoms with van der Waals surface area (Å²) >= 11 is 9.67. The molecule has 0 aliphatic carbocycles. The summed E-state index contributed by atoms with van der Waals surface area (Å²) in [5, 5.41) is 15.4. The van der Waals surface area contributed by atoms with Gasteiger partial charge in [-0.25, -0.2) is 0 Å². The molecule has 3 aromatic rings. The van der Waals surface area contributed by atoms with Gasteiger partial charge in [-0.1, -0.05) is 49.3 Å². The number of halogens is 2. The molecule has 0 bridgehead atoms. The van der Waals surface area contributed by atoms with Crippen molar-refractivity contribution in [3.05, 3.63) is 68.5 Å². The Bertz CT molecular complexity index is 1100. The molecule has 0 aliphatic heterocycles. The Morgan fingerprint density at radius 3 is 2.47 bits per heavy atom. The zero-order chi connectivity index (χ0) is 23.3. The summed E-state index contributed by atoms with van der Waals surface area (Å²) < 4.78 is 2.91. The van der Waals surface area contributed by atoms with E-state index in [9.17, 15) is 9.59 Å². The van der Waals surface area contributed by atoms with Gasteiger partial charge >= 0.3 is 0 Å². The van der Waals surface area contributed by atoms with Gasteiger partial charge in [-0.3, -0.25) is 9.59 Å². The van der Waals surface area contributed by atoms with Crippen LogP contribution in [0.15, 0.2) is 53.7 Å². The van der Waals surface area contributed by atoms with Gasteiger partial charge in [-0.05, 0) is 64.9 Å². The van der Waals surface area contributed by atoms with E-state index in [0.717, 1.165) is 9.26 Å². The van der Waals surface area contributed by atoms with E-state index < -0.39 is 0 Å². The molecular weight excluding hydrogens is 561 g/mol. The van der Waals surface area contributed by atoms with Gasteiger partial charge in [-0.15, -0.1) is 10.2 Å². The van der Waals surface area contributed by atoms with Crippen LogP contribution in [0.2, 0.25) is 5.02 Å². The van der Waals surface area contributed by atoms with Crippen molar-refractivity contribution in [3.8, 4) is 0 Å². The van der Waals surface area contributed by atoms with E-state index in [1.807, 2.05) is 45.2 Å². The van der Waals surface area contributed by atoms with E-state index in [1.165, 1.54) is 11.8 Å². The Hall–Kier alpha value is -2.11. The van der Waals surface area contributed by atoms with Crippen LogP contribution < -0.4 is 10.6 Å². The largest absolute Gasteiger partial charge is 0.342 e. The number of benzene rings is 2. The maximum absolute atomic E-state index is 12.8. The number of hydrogen-bond donors (Lipinski definition) is 2. The topological polar surface area (TPSA) is 88.9 Å². The number of nitrogens with one attached hydrogen (secondary N) is 2. The van der Waals surface area contributed by atoms with E-state index in [4.69, 9.17) is 11.6 Å². The zero-order valence-corrected chi connectivity index (χ0v) is 21.5. The van der Waals surface area contributed by atoms with E-state index in [-0.39, 0.29) is 29.5 Å². The lowest BCUT2D eigenvalue weighted by Gasteiger charge is -2.22. The predicted octanol–water partition coefficient (Wildman–Crippen LogP) is 4.93. The van der Waals surface area contributed by atoms with Crippen LogP contribution in [-0.2, 0) is 11.8 Å². The van der Waals surface area contributed by atoms with Gasteiger partial charge < -0.3 is 15.2 Å². The molecule has 7 nitrogen and oxygen atoms in total. The van der Waals surface area contributed by atoms with Crippen molar-refractivity contribution in [2.24, 2.45) is 13.0 Å². The molecule has 0 saturated carbocycles. The second kappa shape index (κ2) is 11.2. The van der Waals surface area contributed by atoms with E-state index >= 15 is 0 Å². The third-order valence-corrected chi connectivity index (χ3v) is 6.75. The van der Waals surface area contributed by atoms with Gasteiger partial charge in [0.1, 0.15) is 0 Å². The Balaban J connectivity index is 1.67. The summed E-state index contributed by atoms with van der Waals surface area (Å²) in [5.74, 6) is 0.458. The van der Waals surface area contributed by atoms with Gasteiger partial charge in [0.15, 0.2) is 11.0 Å². The first-order valence-corrected chi connectivity index (χ1v) is 12.3. The fourth-order valence-electron chi connectivity index (χ4n) is 2.98. The maximum atomic E-state index is 12.8. The SMILES string of the molecule is CC(C)[C@@H](NC(=O)c1ccccc1Cl)c1nnc(SCC(=O)Nc2ccc(I)cc2)n1C. The van der Waals surface area contributed by atoms with Crippen molar-refractivity contribution in [1.29, 1.82) is 0 Å². The van der Waals surface area contributed by atoms with Crippen LogP contribution in [0.4, 0.5) is 5.69 Å². The third-order valence-electron chi connectivity index (χ3n) is 4.68. The van der Waals surface area contributed by atoms with Crippen LogP contribution in [-0.4, -0.2) is 32.3 Å². The molecule has 0 fully saturated rings. The molecule has 1 heterocycles. The highest BCUT2D eigenvalue weighted by Crippen LogP contribution is 2.25. The fourth-order valence-corrected chi connectivity index (χ4v) is 4.28. The van der Waals surface area contributed by atoms with Gasteiger partial charge in [-0.2, -0.15) is 0 Å². The summed E-state index contributed by atoms with van der Waals surface area (Å²) in [4.78, 5) is 25.1. The first kappa shape index (κ1) is 24.5. The molecule has 0 radical (unpaired) electrons. The Morgan fingerprint density at radius 2 is 1.81 bits per heavy atom. The average Bonchev–Trinajstić information content (AvgIpc) is 3.12. The predicted molar refractivity (Wildman–Crippen MR) is 136 cm³/mol. The molecule has 0 saturated heterocycles. The molecule has 2 N–H and O–H groups in total. The molecule has 0 aliphatic rings. The number of hydrogen-bond acceptors (Lipinski definition) is 5. The van der Waals surface area contributed by atoms with Crippen LogP contribution >= 0.6 is 46.0 Å². The summed E-state index contributed by atoms with van der Waals surface area (Å²) in [5.41, 5.74) is 1.15. The lowest BCUT2D eigenvalue weighted by Crippen LogP contribution is -2.33. The molecule has 2 amide bonds. The van der Waals surface area contributed by atoms with Gasteiger partial charge in [0.25, 0.3) is 5.91 Å². The normalized spacial score (nSPS) is 11.9. The highest BCUT2D eigenvalue weighted by Gasteiger charge is 2.26. The van der Waals surface area contributed by atoms with E-state index in [0.29, 0.717) is 21.6 Å². The number of carbonyl (C=O) groups excluding carboxylic acids is 2. The molecule has 1 atom stereocenters. The summed E-state index contributed by atoms with van der Waals surface area (Å²) in [6.07, 6.45) is 0. The number of rotatable bonds is 8. The van der Waals surface area contributed by atoms with Crippen molar-refractivity contribution in [2.75, 3.05) is 11.1 Å². The third kappa shape index (κ3) is 6.23. The summed E-state index contributed by atoms with van der Waals surface area (Å²) in [6.45, 7) is 3.99. The molecule has 0 unspecified atom stereocenters. The Morgan fingerprint density at radius 1 is 1.12 bits per heavy atom. The van der Waals surface area contributed by atoms with Crippen LogP contribution in [0.1, 0.15) is 36.1 Å². The van der Waals surface area contributed by atoms with E-state index in [1.54, 1.807) is 28.8 Å². The summed E-state index contributed by atoms with van der Waals surface area (Å²) in [6, 6.07) is 14.1. The van der Waals surface area contributed by atoms with Crippen molar-refractivity contribution in [1.82, 2.24) is 20.1 Å². The monoisotopic (exact) mass is 583 g/mol. The highest BCUT2D eigenvalue weighted by molar-refractivity contribution is 14.1. The molecule has 168 valence electrons. The first-order chi connectivity index (χ1) is 15.3. The van der Waals surface area contributed by atoms with Crippen LogP contribution in [0.5, 0.6) is 0 Å². The smallest absolute Gasteiger partial charge is 0.253 e. The van der Waals surface area contributed by atoms with Crippen molar-refractivity contribution in [2.45, 2.75) is 25.0 Å². The molecule has 32 heavy (non-hydrogen) atoms. The minimum absolute atomic E-state index is 0.0614. The Kier molecular flexibility index (Phi) is 8.55. The van der Waals surface area contributed by atoms with Crippen LogP contribution in [0.3, 0.4) is 0 Å². The number of amides is 2. The minimum atomic E-state index is -0.369. The number of thioether (sulfide) groups is 1. The molecular formula is C22H23ClIN5O2S. The minimum Gasteiger partial charge on any atom is -0.342 e. The lowest BCUT2D eigenvalue weighted by atomic mass is 10.0. The lowest BCUT2D eigenvalue weighted by molar-refractivity contribution is -0.113. The van der Waals surface area contributed by atoms with Gasteiger partial charge in [0.05, 0.1) is 22.4 Å². The molecule has 2 aromatic carbocycles. The molecule has 0 spiro atoms. The van der Waals surface area contributed by atoms with Gasteiger partial charge in [0, 0.05) is 16.3 Å². The first-order valence-electron chi connectivity index (χ1n) is 9.89. The number of carbonyl (C=O) groups is 2. The standard InChI is InChI=1S/C22H23ClIN5O2S/c1-13(2)19(26-21(31)16-6-4-5-7-17(16)23)20-27-28-22(29(20)3)32-12-18(30)25-15-10-8-14(24)9-11-15/h4-11,13,19H,12H2,1-3H3,(H,25,30)(H,26,31)/t19-/m1/s1. The van der Waals surface area contributed by atoms with Gasteiger partial charge in [0.2, 0.25) is 5.91 Å².